The van der Waals surface area contributed by atoms with Crippen LogP contribution in [0.3, 0.4) is 0 Å². The molecule has 6 nitrogen and oxygen atoms in total. The first kappa shape index (κ1) is 17.1. The van der Waals surface area contributed by atoms with Crippen LogP contribution >= 0.6 is 0 Å². The van der Waals surface area contributed by atoms with E-state index < -0.39 is 0 Å². The molecule has 2 heterocycles. The number of aliphatic imine (C=N–C) groups is 1. The Morgan fingerprint density at radius 3 is 2.84 bits per heavy atom. The second-order valence-corrected chi connectivity index (χ2v) is 5.88. The summed E-state index contributed by atoms with van der Waals surface area (Å²) in [5, 5.41) is 12.1. The van der Waals surface area contributed by atoms with E-state index in [2.05, 4.69) is 68.7 Å². The first-order valence-electron chi connectivity index (χ1n) is 8.90. The summed E-state index contributed by atoms with van der Waals surface area (Å²) in [6.07, 6.45) is 6.92. The summed E-state index contributed by atoms with van der Waals surface area (Å²) < 4.78 is 4.20. The standard InChI is InChI=1S/C19H26N6/c1-2-20-19(22-12-16-25-14-6-11-23-25)21-10-5-13-24-15-9-17-7-3-4-8-18(17)24/h3-4,6-9,11,14-15H,2,5,10,12-13,16H2,1H3,(H2,20,21,22). The molecular formula is C19H26N6. The first-order chi connectivity index (χ1) is 12.4. The van der Waals surface area contributed by atoms with Gasteiger partial charge in [0.25, 0.3) is 0 Å². The van der Waals surface area contributed by atoms with Gasteiger partial charge in [-0.25, -0.2) is 0 Å². The molecular weight excluding hydrogens is 312 g/mol. The summed E-state index contributed by atoms with van der Waals surface area (Å²) in [7, 11) is 0. The van der Waals surface area contributed by atoms with Crippen LogP contribution in [0.15, 0.2) is 60.0 Å². The van der Waals surface area contributed by atoms with Crippen molar-refractivity contribution < 1.29 is 0 Å². The van der Waals surface area contributed by atoms with Gasteiger partial charge in [-0.1, -0.05) is 18.2 Å². The Labute approximate surface area is 148 Å². The van der Waals surface area contributed by atoms with Crippen LogP contribution in [-0.4, -0.2) is 39.9 Å². The van der Waals surface area contributed by atoms with Crippen LogP contribution < -0.4 is 10.6 Å². The molecule has 0 saturated heterocycles. The summed E-state index contributed by atoms with van der Waals surface area (Å²) in [5.41, 5.74) is 1.29. The molecule has 0 aliphatic carbocycles. The SMILES string of the molecule is CCNC(=NCCCn1ccc2ccccc21)NCCn1cccn1. The molecule has 0 amide bonds. The second kappa shape index (κ2) is 8.92. The number of benzene rings is 1. The molecule has 0 bridgehead atoms. The summed E-state index contributed by atoms with van der Waals surface area (Å²) in [6.45, 7) is 6.34. The molecule has 1 aromatic carbocycles. The molecule has 3 aromatic rings. The molecule has 0 atom stereocenters. The van der Waals surface area contributed by atoms with E-state index in [1.165, 1.54) is 10.9 Å². The van der Waals surface area contributed by atoms with Crippen molar-refractivity contribution in [3.63, 3.8) is 0 Å². The fourth-order valence-corrected chi connectivity index (χ4v) is 2.83. The third kappa shape index (κ3) is 4.86. The van der Waals surface area contributed by atoms with Crippen molar-refractivity contribution in [1.82, 2.24) is 25.0 Å². The summed E-state index contributed by atoms with van der Waals surface area (Å²) in [6, 6.07) is 12.6. The molecule has 0 unspecified atom stereocenters. The highest BCUT2D eigenvalue weighted by Crippen LogP contribution is 2.15. The van der Waals surface area contributed by atoms with Crippen LogP contribution in [0.4, 0.5) is 0 Å². The first-order valence-corrected chi connectivity index (χ1v) is 8.90. The third-order valence-electron chi connectivity index (χ3n) is 4.04. The molecule has 0 spiro atoms. The van der Waals surface area contributed by atoms with Gasteiger partial charge >= 0.3 is 0 Å². The lowest BCUT2D eigenvalue weighted by molar-refractivity contribution is 0.596. The highest BCUT2D eigenvalue weighted by Gasteiger charge is 2.00. The smallest absolute Gasteiger partial charge is 0.191 e. The predicted molar refractivity (Wildman–Crippen MR) is 103 cm³/mol. The molecule has 3 rings (SSSR count). The maximum atomic E-state index is 4.66. The number of aryl methyl sites for hydroxylation is 1. The molecule has 0 aliphatic heterocycles. The number of guanidine groups is 1. The van der Waals surface area contributed by atoms with E-state index in [4.69, 9.17) is 0 Å². The van der Waals surface area contributed by atoms with E-state index >= 15 is 0 Å². The quantitative estimate of drug-likeness (QED) is 0.377. The Morgan fingerprint density at radius 1 is 1.08 bits per heavy atom. The van der Waals surface area contributed by atoms with Crippen LogP contribution in [-0.2, 0) is 13.1 Å². The molecule has 6 heteroatoms. The molecule has 2 aromatic heterocycles. The largest absolute Gasteiger partial charge is 0.357 e. The maximum Gasteiger partial charge on any atom is 0.191 e. The Morgan fingerprint density at radius 2 is 2.00 bits per heavy atom. The molecule has 25 heavy (non-hydrogen) atoms. The topological polar surface area (TPSA) is 59.2 Å². The number of rotatable bonds is 8. The van der Waals surface area contributed by atoms with Gasteiger partial charge in [0.15, 0.2) is 5.96 Å². The Bertz CT molecular complexity index is 787. The number of nitrogens with zero attached hydrogens (tertiary/aromatic N) is 4. The average molecular weight is 338 g/mol. The zero-order chi connectivity index (χ0) is 17.3. The minimum Gasteiger partial charge on any atom is -0.357 e. The lowest BCUT2D eigenvalue weighted by Gasteiger charge is -2.11. The van der Waals surface area contributed by atoms with Gasteiger partial charge in [0, 0.05) is 50.3 Å². The van der Waals surface area contributed by atoms with Crippen molar-refractivity contribution >= 4 is 16.9 Å². The van der Waals surface area contributed by atoms with E-state index in [-0.39, 0.29) is 0 Å². The monoisotopic (exact) mass is 338 g/mol. The van der Waals surface area contributed by atoms with Gasteiger partial charge in [-0.15, -0.1) is 0 Å². The van der Waals surface area contributed by atoms with Crippen molar-refractivity contribution in [2.45, 2.75) is 26.4 Å². The van der Waals surface area contributed by atoms with Gasteiger partial charge in [-0.3, -0.25) is 9.67 Å². The lowest BCUT2D eigenvalue weighted by Crippen LogP contribution is -2.39. The maximum absolute atomic E-state index is 4.66. The van der Waals surface area contributed by atoms with Crippen LogP contribution in [0.2, 0.25) is 0 Å². The van der Waals surface area contributed by atoms with Crippen LogP contribution in [0.5, 0.6) is 0 Å². The van der Waals surface area contributed by atoms with Crippen LogP contribution in [0, 0.1) is 0 Å². The van der Waals surface area contributed by atoms with Gasteiger partial charge in [-0.05, 0) is 36.9 Å². The van der Waals surface area contributed by atoms with Crippen molar-refractivity contribution in [2.75, 3.05) is 19.6 Å². The van der Waals surface area contributed by atoms with E-state index in [0.717, 1.165) is 45.1 Å². The fraction of sp³-hybridized carbons (Fsp3) is 0.368. The minimum absolute atomic E-state index is 0.795. The number of fused-ring (bicyclic) bond motifs is 1. The van der Waals surface area contributed by atoms with E-state index in [9.17, 15) is 0 Å². The van der Waals surface area contributed by atoms with Crippen molar-refractivity contribution in [1.29, 1.82) is 0 Å². The highest BCUT2D eigenvalue weighted by molar-refractivity contribution is 5.80. The summed E-state index contributed by atoms with van der Waals surface area (Å²) in [4.78, 5) is 4.66. The van der Waals surface area contributed by atoms with Crippen LogP contribution in [0.25, 0.3) is 10.9 Å². The van der Waals surface area contributed by atoms with E-state index in [1.807, 2.05) is 16.9 Å². The summed E-state index contributed by atoms with van der Waals surface area (Å²) in [5.74, 6) is 0.868. The van der Waals surface area contributed by atoms with Crippen LogP contribution in [0.1, 0.15) is 13.3 Å². The third-order valence-corrected chi connectivity index (χ3v) is 4.04. The minimum atomic E-state index is 0.795. The highest BCUT2D eigenvalue weighted by atomic mass is 15.3. The number of aromatic nitrogens is 3. The Balaban J connectivity index is 1.46. The van der Waals surface area contributed by atoms with Gasteiger partial charge < -0.3 is 15.2 Å². The molecule has 0 fully saturated rings. The molecule has 0 aliphatic rings. The van der Waals surface area contributed by atoms with Crippen molar-refractivity contribution in [2.24, 2.45) is 4.99 Å². The Kier molecular flexibility index (Phi) is 6.09. The number of hydrogen-bond donors (Lipinski definition) is 2. The van der Waals surface area contributed by atoms with Gasteiger partial charge in [0.2, 0.25) is 0 Å². The summed E-state index contributed by atoms with van der Waals surface area (Å²) >= 11 is 0. The average Bonchev–Trinajstić information content (AvgIpc) is 3.28. The van der Waals surface area contributed by atoms with Crippen molar-refractivity contribution in [3.05, 3.63) is 55.0 Å². The molecule has 0 saturated carbocycles. The predicted octanol–water partition coefficient (Wildman–Crippen LogP) is 2.48. The van der Waals surface area contributed by atoms with E-state index in [0.29, 0.717) is 0 Å². The zero-order valence-corrected chi connectivity index (χ0v) is 14.7. The second-order valence-electron chi connectivity index (χ2n) is 5.88. The lowest BCUT2D eigenvalue weighted by atomic mass is 10.2. The number of hydrogen-bond acceptors (Lipinski definition) is 2. The molecule has 132 valence electrons. The zero-order valence-electron chi connectivity index (χ0n) is 14.7. The number of para-hydroxylation sites is 1. The van der Waals surface area contributed by atoms with Gasteiger partial charge in [0.05, 0.1) is 6.54 Å². The molecule has 0 radical (unpaired) electrons. The normalized spacial score (nSPS) is 11.8. The number of nitrogens with one attached hydrogen (secondary N) is 2. The fourth-order valence-electron chi connectivity index (χ4n) is 2.83. The van der Waals surface area contributed by atoms with Gasteiger partial charge in [-0.2, -0.15) is 5.10 Å². The Hall–Kier alpha value is -2.76. The van der Waals surface area contributed by atoms with Crippen molar-refractivity contribution in [3.8, 4) is 0 Å². The van der Waals surface area contributed by atoms with E-state index in [1.54, 1.807) is 6.20 Å². The van der Waals surface area contributed by atoms with Gasteiger partial charge in [0.1, 0.15) is 0 Å². The molecule has 2 N–H and O–H groups in total.